The normalized spacial score (nSPS) is 10.3. The largest absolute Gasteiger partial charge is 0.497 e. The van der Waals surface area contributed by atoms with Crippen molar-refractivity contribution in [1.29, 1.82) is 0 Å². The van der Waals surface area contributed by atoms with Gasteiger partial charge in [0.25, 0.3) is 5.91 Å². The molecule has 6 heteroatoms. The second-order valence-electron chi connectivity index (χ2n) is 7.10. The third-order valence-electron chi connectivity index (χ3n) is 5.19. The van der Waals surface area contributed by atoms with Crippen molar-refractivity contribution in [2.75, 3.05) is 12.4 Å². The van der Waals surface area contributed by atoms with Crippen LogP contribution in [0.4, 0.5) is 5.69 Å². The molecule has 32 heavy (non-hydrogen) atoms. The molecule has 0 unspecified atom stereocenters. The Kier molecular flexibility index (Phi) is 6.54. The van der Waals surface area contributed by atoms with Crippen LogP contribution in [-0.2, 0) is 0 Å². The topological polar surface area (TPSA) is 94.3 Å². The maximum absolute atomic E-state index is 13.3. The van der Waals surface area contributed by atoms with E-state index in [1.807, 2.05) is 48.5 Å². The van der Waals surface area contributed by atoms with E-state index in [-0.39, 0.29) is 13.3 Å². The Labute approximate surface area is 187 Å². The highest BCUT2D eigenvalue weighted by molar-refractivity contribution is 6.13. The van der Waals surface area contributed by atoms with Gasteiger partial charge in [-0.05, 0) is 61.0 Å². The molecule has 0 aliphatic heterocycles. The lowest BCUT2D eigenvalue weighted by Gasteiger charge is -2.13. The Hall–Kier alpha value is -4.19. The number of nitrogens with two attached hydrogens (primary N) is 1. The molecule has 1 aromatic heterocycles. The quantitative estimate of drug-likeness (QED) is 0.457. The number of benzene rings is 3. The Morgan fingerprint density at radius 2 is 1.66 bits per heavy atom. The van der Waals surface area contributed by atoms with E-state index in [1.54, 1.807) is 38.3 Å². The number of carbonyl (C=O) groups is 2. The van der Waals surface area contributed by atoms with E-state index in [2.05, 4.69) is 5.32 Å². The van der Waals surface area contributed by atoms with Gasteiger partial charge in [-0.1, -0.05) is 31.7 Å². The van der Waals surface area contributed by atoms with Crippen LogP contribution in [0.25, 0.3) is 22.2 Å². The number of anilines is 1. The number of rotatable bonds is 5. The van der Waals surface area contributed by atoms with Crippen molar-refractivity contribution in [2.24, 2.45) is 5.73 Å². The average Bonchev–Trinajstić information content (AvgIpc) is 2.79. The van der Waals surface area contributed by atoms with E-state index in [0.29, 0.717) is 33.6 Å². The van der Waals surface area contributed by atoms with Crippen molar-refractivity contribution < 1.29 is 14.3 Å². The summed E-state index contributed by atoms with van der Waals surface area (Å²) in [4.78, 5) is 29.6. The van der Waals surface area contributed by atoms with Gasteiger partial charge in [0.05, 0.1) is 23.9 Å². The monoisotopic (exact) mass is 427 g/mol. The van der Waals surface area contributed by atoms with E-state index < -0.39 is 5.91 Å². The zero-order chi connectivity index (χ0) is 22.0. The van der Waals surface area contributed by atoms with Gasteiger partial charge >= 0.3 is 0 Å². The first kappa shape index (κ1) is 22.5. The summed E-state index contributed by atoms with van der Waals surface area (Å²) in [6, 6.07) is 21.8. The first-order valence-corrected chi connectivity index (χ1v) is 9.73. The van der Waals surface area contributed by atoms with Crippen molar-refractivity contribution in [3.8, 4) is 17.0 Å². The van der Waals surface area contributed by atoms with Crippen LogP contribution in [-0.4, -0.2) is 23.9 Å². The number of carbonyl (C=O) groups excluding carboxylic acids is 2. The molecule has 4 aromatic rings. The number of hydrogen-bond donors (Lipinski definition) is 2. The molecule has 4 rings (SSSR count). The zero-order valence-corrected chi connectivity index (χ0v) is 17.2. The van der Waals surface area contributed by atoms with E-state index in [9.17, 15) is 9.59 Å². The third-order valence-corrected chi connectivity index (χ3v) is 5.19. The van der Waals surface area contributed by atoms with Gasteiger partial charge in [0.2, 0.25) is 5.91 Å². The van der Waals surface area contributed by atoms with Gasteiger partial charge in [-0.2, -0.15) is 0 Å². The smallest absolute Gasteiger partial charge is 0.256 e. The number of methoxy groups -OCH3 is 1. The molecule has 162 valence electrons. The molecule has 1 heterocycles. The van der Waals surface area contributed by atoms with Crippen LogP contribution in [0.5, 0.6) is 5.75 Å². The van der Waals surface area contributed by atoms with Gasteiger partial charge < -0.3 is 15.8 Å². The second-order valence-corrected chi connectivity index (χ2v) is 7.10. The van der Waals surface area contributed by atoms with Gasteiger partial charge in [0, 0.05) is 22.2 Å². The SMILES string of the molecule is C.COc1ccc(-c2cc(C(=O)Nc3cccc(C(N)=O)c3C)c3ccccc3n2)cc1. The van der Waals surface area contributed by atoms with Gasteiger partial charge in [0.15, 0.2) is 0 Å². The Balaban J connectivity index is 0.00000289. The predicted molar refractivity (Wildman–Crippen MR) is 128 cm³/mol. The van der Waals surface area contributed by atoms with Crippen molar-refractivity contribution in [2.45, 2.75) is 14.4 Å². The minimum atomic E-state index is -0.537. The molecule has 6 nitrogen and oxygen atoms in total. The first-order valence-electron chi connectivity index (χ1n) is 9.73. The van der Waals surface area contributed by atoms with E-state index in [0.717, 1.165) is 16.7 Å². The highest BCUT2D eigenvalue weighted by Gasteiger charge is 2.16. The van der Waals surface area contributed by atoms with E-state index >= 15 is 0 Å². The van der Waals surface area contributed by atoms with Crippen molar-refractivity contribution in [3.05, 3.63) is 89.5 Å². The number of pyridine rings is 1. The van der Waals surface area contributed by atoms with E-state index in [4.69, 9.17) is 15.5 Å². The van der Waals surface area contributed by atoms with Gasteiger partial charge in [-0.25, -0.2) is 4.98 Å². The maximum atomic E-state index is 13.3. The van der Waals surface area contributed by atoms with Crippen molar-refractivity contribution in [3.63, 3.8) is 0 Å². The lowest BCUT2D eigenvalue weighted by molar-refractivity contribution is 0.0995. The van der Waals surface area contributed by atoms with Crippen LogP contribution >= 0.6 is 0 Å². The van der Waals surface area contributed by atoms with Crippen LogP contribution in [0.3, 0.4) is 0 Å². The fourth-order valence-electron chi connectivity index (χ4n) is 3.50. The summed E-state index contributed by atoms with van der Waals surface area (Å²) in [7, 11) is 1.61. The van der Waals surface area contributed by atoms with Gasteiger partial charge in [-0.15, -0.1) is 0 Å². The third kappa shape index (κ3) is 4.30. The number of aromatic nitrogens is 1. The fraction of sp³-hybridized carbons (Fsp3) is 0.115. The van der Waals surface area contributed by atoms with Crippen LogP contribution in [0, 0.1) is 6.92 Å². The highest BCUT2D eigenvalue weighted by atomic mass is 16.5. The minimum Gasteiger partial charge on any atom is -0.497 e. The van der Waals surface area contributed by atoms with E-state index in [1.165, 1.54) is 0 Å². The van der Waals surface area contributed by atoms with Crippen LogP contribution in [0.15, 0.2) is 72.8 Å². The molecule has 3 N–H and O–H groups in total. The molecule has 0 aliphatic carbocycles. The number of fused-ring (bicyclic) bond motifs is 1. The van der Waals surface area contributed by atoms with Crippen LogP contribution in [0.2, 0.25) is 0 Å². The molecule has 0 radical (unpaired) electrons. The first-order chi connectivity index (χ1) is 15.0. The molecule has 0 saturated carbocycles. The molecular weight excluding hydrogens is 402 g/mol. The van der Waals surface area contributed by atoms with Crippen LogP contribution in [0.1, 0.15) is 33.7 Å². The fourth-order valence-corrected chi connectivity index (χ4v) is 3.50. The molecule has 0 atom stereocenters. The maximum Gasteiger partial charge on any atom is 0.256 e. The molecule has 0 saturated heterocycles. The number of nitrogens with one attached hydrogen (secondary N) is 1. The number of ether oxygens (including phenoxy) is 1. The standard InChI is InChI=1S/C25H21N3O3.CH4/c1-15-18(24(26)29)7-5-9-21(15)28-25(30)20-14-23(16-10-12-17(31-2)13-11-16)27-22-8-4-3-6-19(20)22;/h3-14H,1-2H3,(H2,26,29)(H,28,30);1H4. The summed E-state index contributed by atoms with van der Waals surface area (Å²) in [5.74, 6) is -0.0878. The Morgan fingerprint density at radius 3 is 2.34 bits per heavy atom. The molecular formula is C26H25N3O3. The van der Waals surface area contributed by atoms with Crippen LogP contribution < -0.4 is 15.8 Å². The number of nitrogens with zero attached hydrogens (tertiary/aromatic N) is 1. The molecule has 0 aliphatic rings. The second kappa shape index (κ2) is 9.31. The zero-order valence-electron chi connectivity index (χ0n) is 17.2. The van der Waals surface area contributed by atoms with Crippen molar-refractivity contribution >= 4 is 28.4 Å². The summed E-state index contributed by atoms with van der Waals surface area (Å²) in [6.07, 6.45) is 0. The average molecular weight is 428 g/mol. The Morgan fingerprint density at radius 1 is 0.938 bits per heavy atom. The van der Waals surface area contributed by atoms with Gasteiger partial charge in [-0.3, -0.25) is 9.59 Å². The number of amides is 2. The summed E-state index contributed by atoms with van der Waals surface area (Å²) in [5, 5.41) is 3.65. The molecule has 0 fully saturated rings. The summed E-state index contributed by atoms with van der Waals surface area (Å²) in [5.41, 5.74) is 9.71. The molecule has 3 aromatic carbocycles. The summed E-state index contributed by atoms with van der Waals surface area (Å²) in [6.45, 7) is 1.75. The number of hydrogen-bond acceptors (Lipinski definition) is 4. The summed E-state index contributed by atoms with van der Waals surface area (Å²) >= 11 is 0. The molecule has 0 bridgehead atoms. The lowest BCUT2D eigenvalue weighted by atomic mass is 10.0. The highest BCUT2D eigenvalue weighted by Crippen LogP contribution is 2.27. The lowest BCUT2D eigenvalue weighted by Crippen LogP contribution is -2.17. The molecule has 0 spiro atoms. The summed E-state index contributed by atoms with van der Waals surface area (Å²) < 4.78 is 5.22. The predicted octanol–water partition coefficient (Wildman–Crippen LogP) is 5.21. The van der Waals surface area contributed by atoms with Crippen molar-refractivity contribution in [1.82, 2.24) is 4.98 Å². The molecule has 2 amide bonds. The van der Waals surface area contributed by atoms with Gasteiger partial charge in [0.1, 0.15) is 5.75 Å². The number of primary amides is 1. The number of para-hydroxylation sites is 1. The minimum absolute atomic E-state index is 0. The Bertz CT molecular complexity index is 1300.